The zero-order valence-electron chi connectivity index (χ0n) is 17.6. The summed E-state index contributed by atoms with van der Waals surface area (Å²) in [6, 6.07) is 1.83. The molecule has 30 heavy (non-hydrogen) atoms. The van der Waals surface area contributed by atoms with Gasteiger partial charge in [-0.25, -0.2) is 4.98 Å². The van der Waals surface area contributed by atoms with E-state index in [1.807, 2.05) is 11.0 Å². The summed E-state index contributed by atoms with van der Waals surface area (Å²) in [6.07, 6.45) is 6.92. The minimum absolute atomic E-state index is 0.231. The quantitative estimate of drug-likeness (QED) is 0.698. The first-order valence-electron chi connectivity index (χ1n) is 10.8. The highest BCUT2D eigenvalue weighted by Crippen LogP contribution is 2.36. The van der Waals surface area contributed by atoms with Crippen molar-refractivity contribution in [1.29, 1.82) is 0 Å². The summed E-state index contributed by atoms with van der Waals surface area (Å²) in [5, 5.41) is 0.450. The molecule has 5 rings (SSSR count). The summed E-state index contributed by atoms with van der Waals surface area (Å²) < 4.78 is 5.40. The van der Waals surface area contributed by atoms with Gasteiger partial charge in [0.25, 0.3) is 0 Å². The number of carbonyl (C=O) groups is 1. The largest absolute Gasteiger partial charge is 0.493 e. The third-order valence-corrected chi connectivity index (χ3v) is 7.01. The average molecular weight is 427 g/mol. The molecule has 0 spiro atoms. The van der Waals surface area contributed by atoms with Crippen LogP contribution in [-0.4, -0.2) is 41.0 Å². The molecule has 1 saturated heterocycles. The molecule has 0 unspecified atom stereocenters. The van der Waals surface area contributed by atoms with Gasteiger partial charge in [-0.05, 0) is 49.3 Å². The summed E-state index contributed by atoms with van der Waals surface area (Å²) in [5.41, 5.74) is 7.44. The smallest absolute Gasteiger partial charge is 0.223 e. The fourth-order valence-corrected chi connectivity index (χ4v) is 5.23. The zero-order chi connectivity index (χ0) is 20.8. The van der Waals surface area contributed by atoms with E-state index in [1.165, 1.54) is 35.2 Å². The Labute approximate surface area is 182 Å². The number of nitrogens with zero attached hydrogens (tertiary/aromatic N) is 4. The highest BCUT2D eigenvalue weighted by Gasteiger charge is 2.34. The monoisotopic (exact) mass is 426 g/mol. The van der Waals surface area contributed by atoms with Crippen molar-refractivity contribution in [2.45, 2.75) is 52.1 Å². The lowest BCUT2D eigenvalue weighted by atomic mass is 9.90. The van der Waals surface area contributed by atoms with Gasteiger partial charge in [-0.1, -0.05) is 11.6 Å². The first kappa shape index (κ1) is 19.6. The molecule has 2 aromatic heterocycles. The van der Waals surface area contributed by atoms with Gasteiger partial charge in [-0.15, -0.1) is 0 Å². The second kappa shape index (κ2) is 7.73. The first-order chi connectivity index (χ1) is 14.5. The molecule has 0 bridgehead atoms. The van der Waals surface area contributed by atoms with Crippen molar-refractivity contribution in [3.05, 3.63) is 45.5 Å². The maximum atomic E-state index is 13.0. The number of ether oxygens (including phenoxy) is 1. The zero-order valence-corrected chi connectivity index (χ0v) is 18.3. The van der Waals surface area contributed by atoms with Crippen LogP contribution in [0.3, 0.4) is 0 Å². The number of aromatic nitrogens is 2. The number of methoxy groups -OCH3 is 1. The molecular weight excluding hydrogens is 400 g/mol. The number of fused-ring (bicyclic) bond motifs is 2. The van der Waals surface area contributed by atoms with E-state index in [4.69, 9.17) is 21.3 Å². The predicted octanol–water partition coefficient (Wildman–Crippen LogP) is 3.69. The topological polar surface area (TPSA) is 58.6 Å². The van der Waals surface area contributed by atoms with Gasteiger partial charge in [0.15, 0.2) is 5.75 Å². The fraction of sp³-hybridized carbons (Fsp3) is 0.522. The average Bonchev–Trinajstić information content (AvgIpc) is 3.15. The van der Waals surface area contributed by atoms with Crippen molar-refractivity contribution < 1.29 is 9.53 Å². The lowest BCUT2D eigenvalue weighted by Gasteiger charge is -2.41. The Morgan fingerprint density at radius 2 is 2.00 bits per heavy atom. The Hall–Kier alpha value is -2.34. The number of aryl methyl sites for hydroxylation is 1. The molecule has 0 aromatic carbocycles. The number of carbonyl (C=O) groups excluding carboxylic acids is 1. The van der Waals surface area contributed by atoms with Gasteiger partial charge in [0, 0.05) is 43.7 Å². The molecule has 0 saturated carbocycles. The van der Waals surface area contributed by atoms with Crippen LogP contribution in [-0.2, 0) is 30.7 Å². The van der Waals surface area contributed by atoms with Gasteiger partial charge >= 0.3 is 0 Å². The van der Waals surface area contributed by atoms with Crippen molar-refractivity contribution in [3.63, 3.8) is 0 Å². The molecule has 7 heteroatoms. The molecule has 4 heterocycles. The van der Waals surface area contributed by atoms with Crippen LogP contribution in [0.4, 0.5) is 5.69 Å². The molecule has 0 radical (unpaired) electrons. The van der Waals surface area contributed by atoms with E-state index in [0.717, 1.165) is 37.3 Å². The standard InChI is InChI=1S/C23H27ClN4O2/c1-14-16-5-3-4-6-18(16)26-19-13-28(12-17(14)19)23(29)7-15-10-27(11-15)20-8-22(24)25-9-21(20)30-2/h8-9,15H,3-7,10-13H2,1-2H3. The maximum Gasteiger partial charge on any atom is 0.223 e. The number of amides is 1. The molecule has 2 aliphatic heterocycles. The van der Waals surface area contributed by atoms with Crippen LogP contribution in [0, 0.1) is 12.8 Å². The highest BCUT2D eigenvalue weighted by atomic mass is 35.5. The molecule has 0 N–H and O–H groups in total. The molecule has 1 fully saturated rings. The molecule has 0 atom stereocenters. The Morgan fingerprint density at radius 1 is 1.20 bits per heavy atom. The fourth-order valence-electron chi connectivity index (χ4n) is 5.07. The van der Waals surface area contributed by atoms with Gasteiger partial charge in [0.2, 0.25) is 5.91 Å². The molecule has 158 valence electrons. The van der Waals surface area contributed by atoms with Gasteiger partial charge < -0.3 is 14.5 Å². The second-order valence-electron chi connectivity index (χ2n) is 8.70. The lowest BCUT2D eigenvalue weighted by molar-refractivity contribution is -0.133. The normalized spacial score (nSPS) is 18.1. The van der Waals surface area contributed by atoms with Gasteiger partial charge in [-0.3, -0.25) is 9.78 Å². The Balaban J connectivity index is 1.21. The van der Waals surface area contributed by atoms with Crippen LogP contribution in [0.1, 0.15) is 47.3 Å². The third-order valence-electron chi connectivity index (χ3n) is 6.80. The molecule has 2 aromatic rings. The van der Waals surface area contributed by atoms with E-state index in [0.29, 0.717) is 36.3 Å². The second-order valence-corrected chi connectivity index (χ2v) is 9.09. The lowest BCUT2D eigenvalue weighted by Crippen LogP contribution is -2.48. The SMILES string of the molecule is COc1cnc(Cl)cc1N1CC(CC(=O)N2Cc3nc4c(c(C)c3C2)CCCC4)C1. The van der Waals surface area contributed by atoms with Crippen LogP contribution in [0.25, 0.3) is 0 Å². The molecule has 6 nitrogen and oxygen atoms in total. The van der Waals surface area contributed by atoms with Gasteiger partial charge in [0.05, 0.1) is 31.2 Å². The number of rotatable bonds is 4. The Morgan fingerprint density at radius 3 is 2.80 bits per heavy atom. The van der Waals surface area contributed by atoms with E-state index >= 15 is 0 Å². The number of anilines is 1. The van der Waals surface area contributed by atoms with Crippen molar-refractivity contribution in [3.8, 4) is 5.75 Å². The van der Waals surface area contributed by atoms with Gasteiger partial charge in [0.1, 0.15) is 5.15 Å². The summed E-state index contributed by atoms with van der Waals surface area (Å²) in [5.74, 6) is 1.29. The van der Waals surface area contributed by atoms with Crippen molar-refractivity contribution in [2.75, 3.05) is 25.1 Å². The van der Waals surface area contributed by atoms with E-state index < -0.39 is 0 Å². The van der Waals surface area contributed by atoms with E-state index in [9.17, 15) is 4.79 Å². The van der Waals surface area contributed by atoms with Crippen LogP contribution < -0.4 is 9.64 Å². The maximum absolute atomic E-state index is 13.0. The van der Waals surface area contributed by atoms with Crippen molar-refractivity contribution >= 4 is 23.2 Å². The molecule has 1 aliphatic carbocycles. The van der Waals surface area contributed by atoms with Crippen LogP contribution >= 0.6 is 11.6 Å². The molecular formula is C23H27ClN4O2. The Kier molecular flexibility index (Phi) is 5.05. The van der Waals surface area contributed by atoms with Crippen LogP contribution in [0.5, 0.6) is 5.75 Å². The Bertz CT molecular complexity index is 1000. The van der Waals surface area contributed by atoms with Crippen molar-refractivity contribution in [1.82, 2.24) is 14.9 Å². The molecule has 1 amide bonds. The summed E-state index contributed by atoms with van der Waals surface area (Å²) in [7, 11) is 1.63. The van der Waals surface area contributed by atoms with Crippen LogP contribution in [0.2, 0.25) is 5.15 Å². The third kappa shape index (κ3) is 3.41. The summed E-state index contributed by atoms with van der Waals surface area (Å²) >= 11 is 6.05. The summed E-state index contributed by atoms with van der Waals surface area (Å²) in [6.45, 7) is 5.25. The molecule has 3 aliphatic rings. The number of hydrogen-bond donors (Lipinski definition) is 0. The highest BCUT2D eigenvalue weighted by molar-refractivity contribution is 6.29. The first-order valence-corrected chi connectivity index (χ1v) is 11.1. The minimum atomic E-state index is 0.231. The summed E-state index contributed by atoms with van der Waals surface area (Å²) in [4.78, 5) is 26.2. The van der Waals surface area contributed by atoms with Gasteiger partial charge in [-0.2, -0.15) is 0 Å². The number of pyridine rings is 2. The minimum Gasteiger partial charge on any atom is -0.493 e. The van der Waals surface area contributed by atoms with E-state index in [1.54, 1.807) is 13.3 Å². The van der Waals surface area contributed by atoms with Crippen LogP contribution in [0.15, 0.2) is 12.3 Å². The van der Waals surface area contributed by atoms with E-state index in [-0.39, 0.29) is 5.91 Å². The van der Waals surface area contributed by atoms with Crippen molar-refractivity contribution in [2.24, 2.45) is 5.92 Å². The number of halogens is 1. The predicted molar refractivity (Wildman–Crippen MR) is 116 cm³/mol. The number of hydrogen-bond acceptors (Lipinski definition) is 5. The van der Waals surface area contributed by atoms with E-state index in [2.05, 4.69) is 16.8 Å².